The zero-order chi connectivity index (χ0) is 27.1. The molecule has 0 radical (unpaired) electrons. The molecule has 0 atom stereocenters. The molecule has 0 saturated heterocycles. The molecule has 1 aliphatic carbocycles. The molecule has 1 aromatic carbocycles. The second kappa shape index (κ2) is 9.95. The van der Waals surface area contributed by atoms with Crippen LogP contribution >= 0.6 is 11.6 Å². The van der Waals surface area contributed by atoms with Gasteiger partial charge in [0.05, 0.1) is 28.2 Å². The van der Waals surface area contributed by atoms with Crippen LogP contribution in [-0.2, 0) is 9.53 Å². The van der Waals surface area contributed by atoms with Crippen molar-refractivity contribution >= 4 is 51.4 Å². The van der Waals surface area contributed by atoms with Crippen molar-refractivity contribution in [2.45, 2.75) is 31.7 Å². The maximum atomic E-state index is 12.2. The summed E-state index contributed by atoms with van der Waals surface area (Å²) in [6.45, 7) is 0. The van der Waals surface area contributed by atoms with E-state index in [1.165, 1.54) is 6.33 Å². The van der Waals surface area contributed by atoms with Gasteiger partial charge >= 0.3 is 12.1 Å². The van der Waals surface area contributed by atoms with Gasteiger partial charge in [-0.3, -0.25) is 9.78 Å². The number of rotatable bonds is 4. The van der Waals surface area contributed by atoms with E-state index in [2.05, 4.69) is 24.3 Å². The van der Waals surface area contributed by atoms with Crippen molar-refractivity contribution in [3.63, 3.8) is 0 Å². The highest BCUT2D eigenvalue weighted by Crippen LogP contribution is 2.42. The second-order valence-corrected chi connectivity index (χ2v) is 10.00. The summed E-state index contributed by atoms with van der Waals surface area (Å²) < 4.78 is 6.67. The number of fused-ring (bicyclic) bond motifs is 2. The van der Waals surface area contributed by atoms with Gasteiger partial charge in [-0.1, -0.05) is 23.7 Å². The maximum absolute atomic E-state index is 12.2. The Morgan fingerprint density at radius 3 is 2.54 bits per heavy atom. The van der Waals surface area contributed by atoms with Gasteiger partial charge in [-0.25, -0.2) is 19.7 Å². The number of nitrogens with zero attached hydrogens (tertiary/aromatic N) is 5. The van der Waals surface area contributed by atoms with E-state index in [1.54, 1.807) is 6.20 Å². The predicted octanol–water partition coefficient (Wildman–Crippen LogP) is 5.30. The number of benzene rings is 1. The van der Waals surface area contributed by atoms with E-state index in [1.807, 2.05) is 48.7 Å². The standard InChI is InChI=1S/C28H24ClN7O3/c29-20-11-16-6-9-22(21-3-1-2-10-32-21)35-23(16)12-18(20)19-13-36(26-24(19)25(30)33-14-34-26)17-7-4-15(5-8-17)27(37)39-28(31)38/h1-3,6,9-15,17H,4-5,7-8H2,(H2,31,38)(H2,30,33,34). The van der Waals surface area contributed by atoms with Gasteiger partial charge in [-0.2, -0.15) is 0 Å². The minimum Gasteiger partial charge on any atom is -0.383 e. The third kappa shape index (κ3) is 4.63. The van der Waals surface area contributed by atoms with Crippen molar-refractivity contribution in [3.8, 4) is 22.5 Å². The number of carbonyl (C=O) groups excluding carboxylic acids is 2. The van der Waals surface area contributed by atoms with Gasteiger partial charge < -0.3 is 20.8 Å². The van der Waals surface area contributed by atoms with Crippen molar-refractivity contribution < 1.29 is 14.3 Å². The lowest BCUT2D eigenvalue weighted by atomic mass is 9.86. The summed E-state index contributed by atoms with van der Waals surface area (Å²) in [5, 5.41) is 2.16. The Bertz CT molecular complexity index is 1730. The first-order chi connectivity index (χ1) is 18.9. The third-order valence-electron chi connectivity index (χ3n) is 7.26. The molecule has 1 amide bonds. The minimum absolute atomic E-state index is 0.0568. The number of pyridine rings is 2. The zero-order valence-corrected chi connectivity index (χ0v) is 21.5. The molecule has 1 fully saturated rings. The normalized spacial score (nSPS) is 17.4. The molecule has 5 aromatic rings. The molecular formula is C28H24ClN7O3. The summed E-state index contributed by atoms with van der Waals surface area (Å²) in [7, 11) is 0. The van der Waals surface area contributed by atoms with E-state index in [4.69, 9.17) is 28.1 Å². The molecule has 6 rings (SSSR count). The van der Waals surface area contributed by atoms with Crippen LogP contribution in [0, 0.1) is 5.92 Å². The van der Waals surface area contributed by atoms with Crippen LogP contribution < -0.4 is 11.5 Å². The lowest BCUT2D eigenvalue weighted by Crippen LogP contribution is -2.28. The number of ether oxygens (including phenoxy) is 1. The molecule has 4 aromatic heterocycles. The summed E-state index contributed by atoms with van der Waals surface area (Å²) >= 11 is 6.82. The topological polar surface area (TPSA) is 152 Å². The number of anilines is 1. The molecular weight excluding hydrogens is 518 g/mol. The summed E-state index contributed by atoms with van der Waals surface area (Å²) in [5.41, 5.74) is 15.9. The summed E-state index contributed by atoms with van der Waals surface area (Å²) in [5.74, 6) is -0.603. The Morgan fingerprint density at radius 1 is 0.974 bits per heavy atom. The predicted molar refractivity (Wildman–Crippen MR) is 148 cm³/mol. The Hall–Kier alpha value is -4.57. The number of carbonyl (C=O) groups is 2. The van der Waals surface area contributed by atoms with E-state index < -0.39 is 12.1 Å². The number of primary amides is 1. The SMILES string of the molecule is NC(=O)OC(=O)C1CCC(n2cc(-c3cc4nc(-c5ccccn5)ccc4cc3Cl)c3c(N)ncnc32)CC1. The van der Waals surface area contributed by atoms with Crippen molar-refractivity contribution in [1.29, 1.82) is 0 Å². The quantitative estimate of drug-likeness (QED) is 0.230. The molecule has 196 valence electrons. The van der Waals surface area contributed by atoms with Gasteiger partial charge in [-0.05, 0) is 56.0 Å². The van der Waals surface area contributed by atoms with E-state index in [9.17, 15) is 9.59 Å². The fourth-order valence-electron chi connectivity index (χ4n) is 5.37. The van der Waals surface area contributed by atoms with Crippen LogP contribution in [0.4, 0.5) is 10.6 Å². The van der Waals surface area contributed by atoms with Gasteiger partial charge in [-0.15, -0.1) is 0 Å². The summed E-state index contributed by atoms with van der Waals surface area (Å²) in [6.07, 6.45) is 6.59. The van der Waals surface area contributed by atoms with Crippen LogP contribution in [0.3, 0.4) is 0 Å². The number of halogens is 1. The Kier molecular flexibility index (Phi) is 6.32. The highest BCUT2D eigenvalue weighted by molar-refractivity contribution is 6.34. The fourth-order valence-corrected chi connectivity index (χ4v) is 5.64. The van der Waals surface area contributed by atoms with Crippen molar-refractivity contribution in [2.75, 3.05) is 5.73 Å². The van der Waals surface area contributed by atoms with Gasteiger partial charge in [0.25, 0.3) is 0 Å². The van der Waals surface area contributed by atoms with E-state index >= 15 is 0 Å². The van der Waals surface area contributed by atoms with Crippen LogP contribution in [-0.4, -0.2) is 36.6 Å². The molecule has 10 nitrogen and oxygen atoms in total. The van der Waals surface area contributed by atoms with Gasteiger partial charge in [0.1, 0.15) is 17.8 Å². The van der Waals surface area contributed by atoms with Crippen LogP contribution in [0.2, 0.25) is 5.02 Å². The van der Waals surface area contributed by atoms with E-state index in [0.29, 0.717) is 47.6 Å². The third-order valence-corrected chi connectivity index (χ3v) is 7.57. The van der Waals surface area contributed by atoms with Crippen molar-refractivity contribution in [1.82, 2.24) is 24.5 Å². The van der Waals surface area contributed by atoms with Crippen LogP contribution in [0.1, 0.15) is 31.7 Å². The monoisotopic (exact) mass is 541 g/mol. The molecule has 0 unspecified atom stereocenters. The Labute approximate surface area is 228 Å². The first-order valence-electron chi connectivity index (χ1n) is 12.5. The smallest absolute Gasteiger partial charge is 0.383 e. The number of nitrogen functional groups attached to an aromatic ring is 1. The first-order valence-corrected chi connectivity index (χ1v) is 12.9. The average Bonchev–Trinajstić information content (AvgIpc) is 3.33. The second-order valence-electron chi connectivity index (χ2n) is 9.59. The summed E-state index contributed by atoms with van der Waals surface area (Å²) in [4.78, 5) is 41.2. The van der Waals surface area contributed by atoms with Crippen LogP contribution in [0.5, 0.6) is 0 Å². The van der Waals surface area contributed by atoms with Crippen molar-refractivity contribution in [2.24, 2.45) is 11.7 Å². The number of esters is 1. The van der Waals surface area contributed by atoms with E-state index in [0.717, 1.165) is 33.4 Å². The fraction of sp³-hybridized carbons (Fsp3) is 0.214. The maximum Gasteiger partial charge on any atom is 0.412 e. The number of amides is 1. The largest absolute Gasteiger partial charge is 0.412 e. The average molecular weight is 542 g/mol. The minimum atomic E-state index is -1.08. The zero-order valence-electron chi connectivity index (χ0n) is 20.8. The lowest BCUT2D eigenvalue weighted by Gasteiger charge is -2.28. The first kappa shape index (κ1) is 24.7. The number of nitrogens with two attached hydrogens (primary N) is 2. The molecule has 1 aliphatic rings. The van der Waals surface area contributed by atoms with Crippen molar-refractivity contribution in [3.05, 3.63) is 66.2 Å². The highest BCUT2D eigenvalue weighted by atomic mass is 35.5. The molecule has 4 heterocycles. The van der Waals surface area contributed by atoms with Gasteiger partial charge in [0.2, 0.25) is 0 Å². The van der Waals surface area contributed by atoms with E-state index in [-0.39, 0.29) is 12.0 Å². The Morgan fingerprint density at radius 2 is 1.79 bits per heavy atom. The number of hydrogen-bond acceptors (Lipinski definition) is 8. The van der Waals surface area contributed by atoms with Gasteiger partial charge in [0, 0.05) is 40.0 Å². The molecule has 11 heteroatoms. The summed E-state index contributed by atoms with van der Waals surface area (Å²) in [6, 6.07) is 13.5. The lowest BCUT2D eigenvalue weighted by molar-refractivity contribution is -0.143. The molecule has 0 aliphatic heterocycles. The molecule has 0 bridgehead atoms. The molecule has 1 saturated carbocycles. The number of aromatic nitrogens is 5. The highest BCUT2D eigenvalue weighted by Gasteiger charge is 2.31. The molecule has 4 N–H and O–H groups in total. The number of hydrogen-bond donors (Lipinski definition) is 2. The van der Waals surface area contributed by atoms with Gasteiger partial charge in [0.15, 0.2) is 0 Å². The van der Waals surface area contributed by atoms with Crippen LogP contribution in [0.15, 0.2) is 61.2 Å². The molecule has 39 heavy (non-hydrogen) atoms. The van der Waals surface area contributed by atoms with Crippen LogP contribution in [0.25, 0.3) is 44.5 Å². The Balaban J connectivity index is 1.40. The molecule has 0 spiro atoms.